The molecule has 1 unspecified atom stereocenters. The first kappa shape index (κ1) is 23.3. The van der Waals surface area contributed by atoms with Crippen molar-refractivity contribution in [2.24, 2.45) is 5.92 Å². The van der Waals surface area contributed by atoms with Crippen molar-refractivity contribution in [1.82, 2.24) is 9.80 Å². The number of alkyl halides is 3. The van der Waals surface area contributed by atoms with Crippen LogP contribution >= 0.6 is 24.8 Å². The van der Waals surface area contributed by atoms with Gasteiger partial charge in [0.15, 0.2) is 0 Å². The Morgan fingerprint density at radius 1 is 1.29 bits per heavy atom. The summed E-state index contributed by atoms with van der Waals surface area (Å²) in [6.07, 6.45) is -3.16. The number of hydrogen-bond donors (Lipinski definition) is 1. The van der Waals surface area contributed by atoms with E-state index in [9.17, 15) is 13.2 Å². The van der Waals surface area contributed by atoms with Crippen LogP contribution in [0.25, 0.3) is 0 Å². The average molecular weight is 388 g/mol. The van der Waals surface area contributed by atoms with Crippen molar-refractivity contribution in [2.75, 3.05) is 38.5 Å². The molecule has 2 rings (SSSR count). The van der Waals surface area contributed by atoms with Gasteiger partial charge in [-0.2, -0.15) is 13.2 Å². The second-order valence-electron chi connectivity index (χ2n) is 6.08. The number of halogens is 5. The lowest BCUT2D eigenvalue weighted by Gasteiger charge is -2.25. The maximum atomic E-state index is 12.5. The number of likely N-dealkylation sites (tertiary alicyclic amines) is 1. The van der Waals surface area contributed by atoms with Crippen LogP contribution in [0, 0.1) is 5.92 Å². The van der Waals surface area contributed by atoms with Crippen LogP contribution in [-0.2, 0) is 6.54 Å². The van der Waals surface area contributed by atoms with Gasteiger partial charge in [-0.1, -0.05) is 19.1 Å². The fourth-order valence-corrected chi connectivity index (χ4v) is 3.08. The average Bonchev–Trinajstić information content (AvgIpc) is 2.83. The number of benzene rings is 1. The first-order chi connectivity index (χ1) is 10.4. The lowest BCUT2D eigenvalue weighted by atomic mass is 10.1. The van der Waals surface area contributed by atoms with Crippen molar-refractivity contribution in [2.45, 2.75) is 26.1 Å². The van der Waals surface area contributed by atoms with Crippen molar-refractivity contribution >= 4 is 30.5 Å². The Bertz CT molecular complexity index is 486. The van der Waals surface area contributed by atoms with E-state index in [0.29, 0.717) is 19.0 Å². The number of nitrogens with zero attached hydrogens (tertiary/aromatic N) is 2. The molecule has 1 heterocycles. The third-order valence-electron chi connectivity index (χ3n) is 4.09. The molecule has 0 spiro atoms. The first-order valence-corrected chi connectivity index (χ1v) is 7.71. The van der Waals surface area contributed by atoms with Gasteiger partial charge < -0.3 is 5.73 Å². The topological polar surface area (TPSA) is 32.5 Å². The van der Waals surface area contributed by atoms with Gasteiger partial charge in [-0.15, -0.1) is 24.8 Å². The molecule has 1 aromatic rings. The molecule has 1 aliphatic heterocycles. The number of anilines is 1. The van der Waals surface area contributed by atoms with E-state index >= 15 is 0 Å². The summed E-state index contributed by atoms with van der Waals surface area (Å²) in [6.45, 7) is 4.52. The molecule has 0 amide bonds. The van der Waals surface area contributed by atoms with E-state index in [0.717, 1.165) is 37.3 Å². The van der Waals surface area contributed by atoms with Crippen molar-refractivity contribution < 1.29 is 13.2 Å². The minimum atomic E-state index is -4.12. The van der Waals surface area contributed by atoms with Gasteiger partial charge in [0.1, 0.15) is 0 Å². The number of nitrogens with two attached hydrogens (primary N) is 1. The smallest absolute Gasteiger partial charge is 0.399 e. The molecule has 0 saturated carbocycles. The van der Waals surface area contributed by atoms with Gasteiger partial charge in [0.2, 0.25) is 0 Å². The van der Waals surface area contributed by atoms with Crippen LogP contribution in [0.4, 0.5) is 18.9 Å². The summed E-state index contributed by atoms with van der Waals surface area (Å²) in [5, 5.41) is 0. The molecule has 1 saturated heterocycles. The van der Waals surface area contributed by atoms with Gasteiger partial charge in [0, 0.05) is 25.3 Å². The van der Waals surface area contributed by atoms with Gasteiger partial charge in [-0.25, -0.2) is 0 Å². The van der Waals surface area contributed by atoms with E-state index in [1.807, 2.05) is 24.3 Å². The molecular weight excluding hydrogens is 362 g/mol. The predicted molar refractivity (Wildman–Crippen MR) is 96.9 cm³/mol. The lowest BCUT2D eigenvalue weighted by Crippen LogP contribution is -2.38. The van der Waals surface area contributed by atoms with Crippen molar-refractivity contribution in [3.63, 3.8) is 0 Å². The van der Waals surface area contributed by atoms with Crippen LogP contribution in [0.2, 0.25) is 0 Å². The highest BCUT2D eigenvalue weighted by Crippen LogP contribution is 2.22. The molecule has 24 heavy (non-hydrogen) atoms. The van der Waals surface area contributed by atoms with Gasteiger partial charge in [0.05, 0.1) is 6.54 Å². The SMILES string of the molecule is CCN(CC1CCN(Cc2cccc(N)c2)C1)CC(F)(F)F.Cl.Cl. The molecule has 1 aliphatic rings. The second-order valence-corrected chi connectivity index (χ2v) is 6.08. The zero-order valence-electron chi connectivity index (χ0n) is 13.8. The molecule has 0 aliphatic carbocycles. The van der Waals surface area contributed by atoms with E-state index in [4.69, 9.17) is 5.73 Å². The third-order valence-corrected chi connectivity index (χ3v) is 4.09. The van der Waals surface area contributed by atoms with Crippen LogP contribution < -0.4 is 5.73 Å². The number of hydrogen-bond acceptors (Lipinski definition) is 3. The molecule has 1 atom stereocenters. The molecular formula is C16H26Cl2F3N3. The minimum Gasteiger partial charge on any atom is -0.399 e. The Hall–Kier alpha value is -0.690. The Balaban J connectivity index is 0.00000264. The van der Waals surface area contributed by atoms with Crippen LogP contribution in [0.15, 0.2) is 24.3 Å². The van der Waals surface area contributed by atoms with E-state index in [-0.39, 0.29) is 24.8 Å². The molecule has 2 N–H and O–H groups in total. The molecule has 0 aromatic heterocycles. The largest absolute Gasteiger partial charge is 0.401 e. The van der Waals surface area contributed by atoms with Crippen LogP contribution in [0.5, 0.6) is 0 Å². The Morgan fingerprint density at radius 2 is 2.00 bits per heavy atom. The highest BCUT2D eigenvalue weighted by atomic mass is 35.5. The Morgan fingerprint density at radius 3 is 2.58 bits per heavy atom. The van der Waals surface area contributed by atoms with E-state index in [1.165, 1.54) is 4.90 Å². The fraction of sp³-hybridized carbons (Fsp3) is 0.625. The second kappa shape index (κ2) is 10.3. The first-order valence-electron chi connectivity index (χ1n) is 7.71. The minimum absolute atomic E-state index is 0. The zero-order chi connectivity index (χ0) is 16.2. The van der Waals surface area contributed by atoms with Crippen molar-refractivity contribution in [3.05, 3.63) is 29.8 Å². The molecule has 1 aromatic carbocycles. The number of nitrogen functional groups attached to an aromatic ring is 1. The fourth-order valence-electron chi connectivity index (χ4n) is 3.08. The summed E-state index contributed by atoms with van der Waals surface area (Å²) in [4.78, 5) is 3.79. The summed E-state index contributed by atoms with van der Waals surface area (Å²) in [7, 11) is 0. The quantitative estimate of drug-likeness (QED) is 0.753. The van der Waals surface area contributed by atoms with Gasteiger partial charge in [-0.05, 0) is 43.1 Å². The molecule has 1 fully saturated rings. The molecule has 0 radical (unpaired) electrons. The van der Waals surface area contributed by atoms with Crippen molar-refractivity contribution in [3.8, 4) is 0 Å². The van der Waals surface area contributed by atoms with Gasteiger partial charge >= 0.3 is 6.18 Å². The highest BCUT2D eigenvalue weighted by molar-refractivity contribution is 5.85. The third kappa shape index (κ3) is 7.92. The summed E-state index contributed by atoms with van der Waals surface area (Å²) in [5.41, 5.74) is 7.67. The summed E-state index contributed by atoms with van der Waals surface area (Å²) >= 11 is 0. The summed E-state index contributed by atoms with van der Waals surface area (Å²) < 4.78 is 37.5. The van der Waals surface area contributed by atoms with Crippen LogP contribution in [0.1, 0.15) is 18.9 Å². The van der Waals surface area contributed by atoms with E-state index in [2.05, 4.69) is 4.90 Å². The maximum absolute atomic E-state index is 12.5. The Kier molecular flexibility index (Phi) is 10.0. The van der Waals surface area contributed by atoms with Gasteiger partial charge in [0.25, 0.3) is 0 Å². The summed E-state index contributed by atoms with van der Waals surface area (Å²) in [5.74, 6) is 0.309. The van der Waals surface area contributed by atoms with Crippen LogP contribution in [0.3, 0.4) is 0 Å². The van der Waals surface area contributed by atoms with Crippen molar-refractivity contribution in [1.29, 1.82) is 0 Å². The molecule has 8 heteroatoms. The highest BCUT2D eigenvalue weighted by Gasteiger charge is 2.32. The maximum Gasteiger partial charge on any atom is 0.401 e. The van der Waals surface area contributed by atoms with Gasteiger partial charge in [-0.3, -0.25) is 9.80 Å². The van der Waals surface area contributed by atoms with Crippen LogP contribution in [-0.4, -0.2) is 48.7 Å². The van der Waals surface area contributed by atoms with E-state index in [1.54, 1.807) is 6.92 Å². The predicted octanol–water partition coefficient (Wildman–Crippen LogP) is 3.82. The molecule has 0 bridgehead atoms. The number of rotatable bonds is 6. The molecule has 3 nitrogen and oxygen atoms in total. The molecule has 140 valence electrons. The van der Waals surface area contributed by atoms with E-state index < -0.39 is 12.7 Å². The normalized spacial score (nSPS) is 18.3. The monoisotopic (exact) mass is 387 g/mol. The Labute approximate surface area is 154 Å². The lowest BCUT2D eigenvalue weighted by molar-refractivity contribution is -0.146. The zero-order valence-corrected chi connectivity index (χ0v) is 15.4. The summed E-state index contributed by atoms with van der Waals surface area (Å²) in [6, 6.07) is 7.77. The standard InChI is InChI=1S/C16H24F3N3.2ClH/c1-2-21(12-16(17,18)19)10-14-6-7-22(11-14)9-13-4-3-5-15(20)8-13;;/h3-5,8,14H,2,6-7,9-12,20H2,1H3;2*1H.